The number of nitrogens with one attached hydrogen (secondary N) is 3. The van der Waals surface area contributed by atoms with Gasteiger partial charge in [-0.1, -0.05) is 0 Å². The molecule has 2 aromatic heterocycles. The minimum atomic E-state index is -3.30. The van der Waals surface area contributed by atoms with Crippen LogP contribution in [0.5, 0.6) is 0 Å². The van der Waals surface area contributed by atoms with Gasteiger partial charge in [0, 0.05) is 50.4 Å². The predicted octanol–water partition coefficient (Wildman–Crippen LogP) is -0.121. The van der Waals surface area contributed by atoms with Crippen molar-refractivity contribution in [1.29, 1.82) is 0 Å². The van der Waals surface area contributed by atoms with E-state index in [0.717, 1.165) is 31.7 Å². The average molecular weight is 379 g/mol. The summed E-state index contributed by atoms with van der Waals surface area (Å²) in [4.78, 5) is 6.82. The normalized spacial score (nSPS) is 19.0. The van der Waals surface area contributed by atoms with Crippen LogP contribution >= 0.6 is 0 Å². The van der Waals surface area contributed by atoms with E-state index < -0.39 is 10.0 Å². The Bertz CT molecular complexity index is 896. The van der Waals surface area contributed by atoms with Gasteiger partial charge < -0.3 is 15.5 Å². The van der Waals surface area contributed by atoms with Gasteiger partial charge in [-0.05, 0) is 26.0 Å². The summed E-state index contributed by atoms with van der Waals surface area (Å²) >= 11 is 0. The van der Waals surface area contributed by atoms with E-state index in [1.807, 2.05) is 32.2 Å². The quantitative estimate of drug-likeness (QED) is 0.616. The molecule has 2 aliphatic rings. The van der Waals surface area contributed by atoms with Gasteiger partial charge in [0.05, 0.1) is 5.75 Å². The molecule has 9 nitrogen and oxygen atoms in total. The highest BCUT2D eigenvalue weighted by Crippen LogP contribution is 2.36. The molecular weight excluding hydrogens is 354 g/mol. The van der Waals surface area contributed by atoms with E-state index in [1.54, 1.807) is 4.52 Å². The topological polar surface area (TPSA) is 104 Å². The Morgan fingerprint density at radius 2 is 2.12 bits per heavy atom. The molecular formula is C16H25N7O2S. The fourth-order valence-corrected chi connectivity index (χ4v) is 4.72. The summed E-state index contributed by atoms with van der Waals surface area (Å²) in [6.45, 7) is 7.93. The molecule has 2 aromatic rings. The summed E-state index contributed by atoms with van der Waals surface area (Å²) in [5.41, 5.74) is 1.22. The van der Waals surface area contributed by atoms with Gasteiger partial charge in [0.15, 0.2) is 5.82 Å². The van der Waals surface area contributed by atoms with E-state index in [0.29, 0.717) is 17.2 Å². The van der Waals surface area contributed by atoms with E-state index in [2.05, 4.69) is 30.3 Å². The zero-order valence-corrected chi connectivity index (χ0v) is 15.9. The molecule has 0 atom stereocenters. The number of fused-ring (bicyclic) bond motifs is 1. The molecule has 2 saturated heterocycles. The van der Waals surface area contributed by atoms with Crippen LogP contribution in [0.25, 0.3) is 5.52 Å². The maximum absolute atomic E-state index is 12.0. The zero-order chi connectivity index (χ0) is 18.4. The van der Waals surface area contributed by atoms with Crippen molar-refractivity contribution >= 4 is 27.3 Å². The minimum absolute atomic E-state index is 0.00409. The first-order valence-corrected chi connectivity index (χ1v) is 10.6. The minimum Gasteiger partial charge on any atom is -0.367 e. The van der Waals surface area contributed by atoms with Crippen molar-refractivity contribution in [1.82, 2.24) is 24.6 Å². The Balaban J connectivity index is 1.47. The number of aromatic nitrogens is 3. The average Bonchev–Trinajstić information content (AvgIpc) is 2.91. The smallest absolute Gasteiger partial charge is 0.245 e. The molecule has 2 aliphatic heterocycles. The van der Waals surface area contributed by atoms with Crippen molar-refractivity contribution in [2.45, 2.75) is 19.9 Å². The molecule has 4 heterocycles. The number of anilines is 2. The first-order chi connectivity index (χ1) is 12.4. The summed E-state index contributed by atoms with van der Waals surface area (Å²) < 4.78 is 28.3. The lowest BCUT2D eigenvalue weighted by Gasteiger charge is -2.55. The SMILES string of the molecule is CC(C)NS(=O)(=O)CCNc1nc(N2CC3(CNC3)C2)nn2cccc12. The highest BCUT2D eigenvalue weighted by atomic mass is 32.2. The second-order valence-electron chi connectivity index (χ2n) is 7.58. The zero-order valence-electron chi connectivity index (χ0n) is 15.1. The van der Waals surface area contributed by atoms with E-state index in [1.165, 1.54) is 0 Å². The fourth-order valence-electron chi connectivity index (χ4n) is 3.52. The lowest BCUT2D eigenvalue weighted by molar-refractivity contribution is 0.119. The third-order valence-corrected chi connectivity index (χ3v) is 6.37. The highest BCUT2D eigenvalue weighted by molar-refractivity contribution is 7.89. The molecule has 4 rings (SSSR count). The number of hydrogen-bond donors (Lipinski definition) is 3. The largest absolute Gasteiger partial charge is 0.367 e. The van der Waals surface area contributed by atoms with Crippen molar-refractivity contribution in [2.75, 3.05) is 48.7 Å². The molecule has 0 bridgehead atoms. The van der Waals surface area contributed by atoms with E-state index in [-0.39, 0.29) is 18.3 Å². The highest BCUT2D eigenvalue weighted by Gasteiger charge is 2.48. The third kappa shape index (κ3) is 3.36. The molecule has 0 unspecified atom stereocenters. The van der Waals surface area contributed by atoms with Crippen LogP contribution in [0.2, 0.25) is 0 Å². The maximum atomic E-state index is 12.0. The number of sulfonamides is 1. The van der Waals surface area contributed by atoms with E-state index in [4.69, 9.17) is 0 Å². The predicted molar refractivity (Wildman–Crippen MR) is 101 cm³/mol. The molecule has 1 spiro atoms. The summed E-state index contributed by atoms with van der Waals surface area (Å²) in [7, 11) is -3.30. The molecule has 0 aliphatic carbocycles. The summed E-state index contributed by atoms with van der Waals surface area (Å²) in [5, 5.41) is 11.1. The Kier molecular flexibility index (Phi) is 4.28. The van der Waals surface area contributed by atoms with Crippen molar-refractivity contribution in [3.63, 3.8) is 0 Å². The molecule has 3 N–H and O–H groups in total. The van der Waals surface area contributed by atoms with Gasteiger partial charge in [0.1, 0.15) is 5.52 Å². The van der Waals surface area contributed by atoms with Crippen LogP contribution < -0.4 is 20.3 Å². The first-order valence-electron chi connectivity index (χ1n) is 8.91. The van der Waals surface area contributed by atoms with E-state index >= 15 is 0 Å². The van der Waals surface area contributed by atoms with Crippen LogP contribution in [0.1, 0.15) is 13.8 Å². The molecule has 0 amide bonds. The van der Waals surface area contributed by atoms with Crippen LogP contribution in [0.4, 0.5) is 11.8 Å². The van der Waals surface area contributed by atoms with Crippen LogP contribution in [-0.2, 0) is 10.0 Å². The van der Waals surface area contributed by atoms with Gasteiger partial charge in [0.2, 0.25) is 16.0 Å². The fraction of sp³-hybridized carbons (Fsp3) is 0.625. The second kappa shape index (κ2) is 6.36. The number of nitrogens with zero attached hydrogens (tertiary/aromatic N) is 4. The molecule has 0 saturated carbocycles. The molecule has 2 fully saturated rings. The summed E-state index contributed by atoms with van der Waals surface area (Å²) in [5.74, 6) is 1.33. The molecule has 10 heteroatoms. The Labute approximate surface area is 153 Å². The standard InChI is InChI=1S/C16H25N7O2S/c1-12(2)21-26(24,25)7-5-18-14-13-4-3-6-23(13)20-15(19-14)22-10-16(11-22)8-17-9-16/h3-4,6,12,17,21H,5,7-11H2,1-2H3,(H,18,19,20). The van der Waals surface area contributed by atoms with Gasteiger partial charge >= 0.3 is 0 Å². The number of hydrogen-bond acceptors (Lipinski definition) is 7. The van der Waals surface area contributed by atoms with Gasteiger partial charge in [-0.25, -0.2) is 17.7 Å². The van der Waals surface area contributed by atoms with E-state index in [9.17, 15) is 8.42 Å². The second-order valence-corrected chi connectivity index (χ2v) is 9.45. The summed E-state index contributed by atoms with van der Waals surface area (Å²) in [6, 6.07) is 3.71. The Hall–Kier alpha value is -1.91. The molecule has 0 radical (unpaired) electrons. The van der Waals surface area contributed by atoms with Gasteiger partial charge in [0.25, 0.3) is 0 Å². The van der Waals surface area contributed by atoms with Crippen molar-refractivity contribution in [3.8, 4) is 0 Å². The molecule has 26 heavy (non-hydrogen) atoms. The maximum Gasteiger partial charge on any atom is 0.245 e. The molecule has 0 aromatic carbocycles. The van der Waals surface area contributed by atoms with Gasteiger partial charge in [-0.3, -0.25) is 0 Å². The lowest BCUT2D eigenvalue weighted by Crippen LogP contribution is -2.71. The van der Waals surface area contributed by atoms with Crippen LogP contribution in [0, 0.1) is 5.41 Å². The Morgan fingerprint density at radius 3 is 2.77 bits per heavy atom. The Morgan fingerprint density at radius 1 is 1.35 bits per heavy atom. The summed E-state index contributed by atoms with van der Waals surface area (Å²) in [6.07, 6.45) is 1.88. The molecule has 142 valence electrons. The monoisotopic (exact) mass is 379 g/mol. The lowest BCUT2D eigenvalue weighted by atomic mass is 9.75. The van der Waals surface area contributed by atoms with Crippen LogP contribution in [0.3, 0.4) is 0 Å². The van der Waals surface area contributed by atoms with Crippen LogP contribution in [-0.4, -0.2) is 67.5 Å². The third-order valence-electron chi connectivity index (χ3n) is 4.79. The van der Waals surface area contributed by atoms with Crippen molar-refractivity contribution < 1.29 is 8.42 Å². The first kappa shape index (κ1) is 17.5. The number of rotatable bonds is 7. The van der Waals surface area contributed by atoms with Crippen molar-refractivity contribution in [3.05, 3.63) is 18.3 Å². The van der Waals surface area contributed by atoms with Crippen molar-refractivity contribution in [2.24, 2.45) is 5.41 Å². The van der Waals surface area contributed by atoms with Gasteiger partial charge in [-0.2, -0.15) is 4.98 Å². The van der Waals surface area contributed by atoms with Gasteiger partial charge in [-0.15, -0.1) is 5.10 Å². The van der Waals surface area contributed by atoms with Crippen LogP contribution in [0.15, 0.2) is 18.3 Å².